The molecule has 0 aromatic heterocycles. The number of sulfonamides is 1. The number of nitrogens with zero attached hydrogens (tertiary/aromatic N) is 1. The summed E-state index contributed by atoms with van der Waals surface area (Å²) in [4.78, 5) is 11.9. The van der Waals surface area contributed by atoms with Gasteiger partial charge in [0.25, 0.3) is 0 Å². The number of anilines is 1. The molecule has 1 amide bonds. The molecule has 0 fully saturated rings. The van der Waals surface area contributed by atoms with Gasteiger partial charge in [-0.15, -0.1) is 0 Å². The fourth-order valence-corrected chi connectivity index (χ4v) is 2.73. The molecule has 5 nitrogen and oxygen atoms in total. The molecule has 0 unspecified atom stereocenters. The van der Waals surface area contributed by atoms with Crippen molar-refractivity contribution in [2.24, 2.45) is 0 Å². The lowest BCUT2D eigenvalue weighted by Gasteiger charge is -2.14. The minimum absolute atomic E-state index is 0.269. The molecule has 0 aliphatic rings. The van der Waals surface area contributed by atoms with Gasteiger partial charge in [-0.05, 0) is 29.8 Å². The number of hydrogen-bond donors (Lipinski definition) is 1. The molecule has 0 saturated heterocycles. The SMILES string of the molecule is CN(CC(=O)Nc1cccc(F)c1)S(=O)(=O)/C=C/c1ccccc1. The van der Waals surface area contributed by atoms with Gasteiger partial charge in [0.2, 0.25) is 15.9 Å². The standard InChI is InChI=1S/C17H17FN2O3S/c1-20(13-17(21)19-16-9-5-8-15(18)12-16)24(22,23)11-10-14-6-3-2-4-7-14/h2-12H,13H2,1H3,(H,19,21)/b11-10+. The number of rotatable bonds is 6. The molecule has 24 heavy (non-hydrogen) atoms. The van der Waals surface area contributed by atoms with E-state index in [-0.39, 0.29) is 12.2 Å². The van der Waals surface area contributed by atoms with Gasteiger partial charge in [-0.1, -0.05) is 36.4 Å². The average molecular weight is 348 g/mol. The molecule has 126 valence electrons. The Balaban J connectivity index is 1.98. The maximum Gasteiger partial charge on any atom is 0.239 e. The third-order valence-corrected chi connectivity index (χ3v) is 4.62. The maximum absolute atomic E-state index is 13.1. The van der Waals surface area contributed by atoms with Crippen molar-refractivity contribution in [2.75, 3.05) is 18.9 Å². The Hall–Kier alpha value is -2.51. The minimum atomic E-state index is -3.74. The van der Waals surface area contributed by atoms with E-state index in [2.05, 4.69) is 5.32 Å². The summed E-state index contributed by atoms with van der Waals surface area (Å²) in [6.45, 7) is -0.377. The zero-order chi connectivity index (χ0) is 17.6. The van der Waals surface area contributed by atoms with Gasteiger partial charge in [0.15, 0.2) is 0 Å². The number of hydrogen-bond acceptors (Lipinski definition) is 3. The molecule has 0 aliphatic heterocycles. The zero-order valence-electron chi connectivity index (χ0n) is 13.0. The second-order valence-corrected chi connectivity index (χ2v) is 7.00. The monoisotopic (exact) mass is 348 g/mol. The third kappa shape index (κ3) is 5.29. The van der Waals surface area contributed by atoms with Gasteiger partial charge in [0.05, 0.1) is 6.54 Å². The Kier molecular flexibility index (Phi) is 5.83. The van der Waals surface area contributed by atoms with Gasteiger partial charge in [-0.2, -0.15) is 4.31 Å². The first-order valence-electron chi connectivity index (χ1n) is 7.12. The van der Waals surface area contributed by atoms with Crippen molar-refractivity contribution < 1.29 is 17.6 Å². The number of carbonyl (C=O) groups is 1. The second kappa shape index (κ2) is 7.85. The van der Waals surface area contributed by atoms with Crippen LogP contribution in [0.15, 0.2) is 60.0 Å². The summed E-state index contributed by atoms with van der Waals surface area (Å²) in [5.74, 6) is -1.04. The predicted molar refractivity (Wildman–Crippen MR) is 92.1 cm³/mol. The lowest BCUT2D eigenvalue weighted by molar-refractivity contribution is -0.116. The van der Waals surface area contributed by atoms with Crippen LogP contribution in [-0.2, 0) is 14.8 Å². The molecule has 0 saturated carbocycles. The summed E-state index contributed by atoms with van der Waals surface area (Å²) in [5, 5.41) is 3.49. The van der Waals surface area contributed by atoms with Gasteiger partial charge in [0.1, 0.15) is 5.82 Å². The Morgan fingerprint density at radius 1 is 1.17 bits per heavy atom. The quantitative estimate of drug-likeness (QED) is 0.873. The molecule has 1 N–H and O–H groups in total. The molecule has 7 heteroatoms. The van der Waals surface area contributed by atoms with E-state index >= 15 is 0 Å². The van der Waals surface area contributed by atoms with Crippen LogP contribution < -0.4 is 5.32 Å². The third-order valence-electron chi connectivity index (χ3n) is 3.14. The van der Waals surface area contributed by atoms with E-state index in [4.69, 9.17) is 0 Å². The van der Waals surface area contributed by atoms with Crippen molar-refractivity contribution in [1.29, 1.82) is 0 Å². The lowest BCUT2D eigenvalue weighted by atomic mass is 10.2. The largest absolute Gasteiger partial charge is 0.325 e. The topological polar surface area (TPSA) is 66.5 Å². The highest BCUT2D eigenvalue weighted by atomic mass is 32.2. The molecular weight excluding hydrogens is 331 g/mol. The van der Waals surface area contributed by atoms with Crippen LogP contribution in [0.3, 0.4) is 0 Å². The summed E-state index contributed by atoms with van der Waals surface area (Å²) < 4.78 is 38.3. The van der Waals surface area contributed by atoms with Gasteiger partial charge < -0.3 is 5.32 Å². The summed E-state index contributed by atoms with van der Waals surface area (Å²) in [6, 6.07) is 14.3. The molecule has 2 aromatic rings. The van der Waals surface area contributed by atoms with E-state index in [0.717, 1.165) is 21.3 Å². The molecule has 0 radical (unpaired) electrons. The molecule has 0 bridgehead atoms. The van der Waals surface area contributed by atoms with Crippen LogP contribution in [0.2, 0.25) is 0 Å². The normalized spacial score (nSPS) is 11.8. The summed E-state index contributed by atoms with van der Waals surface area (Å²) in [6.07, 6.45) is 1.45. The predicted octanol–water partition coefficient (Wildman–Crippen LogP) is 2.70. The molecule has 0 heterocycles. The first kappa shape index (κ1) is 17.8. The van der Waals surface area contributed by atoms with Crippen LogP contribution in [0.1, 0.15) is 5.56 Å². The van der Waals surface area contributed by atoms with Crippen molar-refractivity contribution in [1.82, 2.24) is 4.31 Å². The van der Waals surface area contributed by atoms with Gasteiger partial charge in [-0.3, -0.25) is 4.79 Å². The summed E-state index contributed by atoms with van der Waals surface area (Å²) >= 11 is 0. The number of halogens is 1. The number of amides is 1. The van der Waals surface area contributed by atoms with E-state index in [0.29, 0.717) is 0 Å². The van der Waals surface area contributed by atoms with Crippen molar-refractivity contribution in [3.05, 3.63) is 71.4 Å². The van der Waals surface area contributed by atoms with Crippen LogP contribution in [0.25, 0.3) is 6.08 Å². The smallest absolute Gasteiger partial charge is 0.239 e. The van der Waals surface area contributed by atoms with Gasteiger partial charge in [0, 0.05) is 18.1 Å². The highest BCUT2D eigenvalue weighted by molar-refractivity contribution is 7.92. The van der Waals surface area contributed by atoms with Crippen molar-refractivity contribution in [3.8, 4) is 0 Å². The second-order valence-electron chi connectivity index (χ2n) is 5.07. The van der Waals surface area contributed by atoms with E-state index < -0.39 is 21.7 Å². The minimum Gasteiger partial charge on any atom is -0.325 e. The molecular formula is C17H17FN2O3S. The number of benzene rings is 2. The average Bonchev–Trinajstić information content (AvgIpc) is 2.54. The Bertz CT molecular complexity index is 836. The zero-order valence-corrected chi connectivity index (χ0v) is 13.8. The van der Waals surface area contributed by atoms with Crippen LogP contribution in [0.4, 0.5) is 10.1 Å². The van der Waals surface area contributed by atoms with Crippen LogP contribution in [-0.4, -0.2) is 32.2 Å². The van der Waals surface area contributed by atoms with E-state index in [1.165, 1.54) is 31.3 Å². The van der Waals surface area contributed by atoms with Crippen molar-refractivity contribution >= 4 is 27.7 Å². The first-order valence-corrected chi connectivity index (χ1v) is 8.62. The van der Waals surface area contributed by atoms with E-state index in [9.17, 15) is 17.6 Å². The summed E-state index contributed by atoms with van der Waals surface area (Å²) in [5.41, 5.74) is 1.00. The van der Waals surface area contributed by atoms with Crippen molar-refractivity contribution in [3.63, 3.8) is 0 Å². The van der Waals surface area contributed by atoms with E-state index in [1.54, 1.807) is 24.3 Å². The number of nitrogens with one attached hydrogen (secondary N) is 1. The maximum atomic E-state index is 13.1. The molecule has 0 spiro atoms. The summed E-state index contributed by atoms with van der Waals surface area (Å²) in [7, 11) is -2.43. The van der Waals surface area contributed by atoms with Crippen LogP contribution >= 0.6 is 0 Å². The number of carbonyl (C=O) groups excluding carboxylic acids is 1. The molecule has 2 rings (SSSR count). The fraction of sp³-hybridized carbons (Fsp3) is 0.118. The van der Waals surface area contributed by atoms with Gasteiger partial charge >= 0.3 is 0 Å². The van der Waals surface area contributed by atoms with Crippen LogP contribution in [0.5, 0.6) is 0 Å². The van der Waals surface area contributed by atoms with E-state index in [1.807, 2.05) is 6.07 Å². The number of likely N-dealkylation sites (N-methyl/N-ethyl adjacent to an activating group) is 1. The van der Waals surface area contributed by atoms with Crippen molar-refractivity contribution in [2.45, 2.75) is 0 Å². The molecule has 2 aromatic carbocycles. The Labute approximate surface area is 140 Å². The Morgan fingerprint density at radius 3 is 2.54 bits per heavy atom. The highest BCUT2D eigenvalue weighted by Gasteiger charge is 2.17. The first-order chi connectivity index (χ1) is 11.4. The fourth-order valence-electron chi connectivity index (χ4n) is 1.89. The highest BCUT2D eigenvalue weighted by Crippen LogP contribution is 2.10. The van der Waals surface area contributed by atoms with Crippen LogP contribution in [0, 0.1) is 5.82 Å². The Morgan fingerprint density at radius 2 is 1.88 bits per heavy atom. The van der Waals surface area contributed by atoms with Gasteiger partial charge in [-0.25, -0.2) is 12.8 Å². The molecule has 0 atom stereocenters. The molecule has 0 aliphatic carbocycles. The lowest BCUT2D eigenvalue weighted by Crippen LogP contribution is -2.33.